The second-order valence-electron chi connectivity index (χ2n) is 6.95. The Kier molecular flexibility index (Phi) is 4.16. The van der Waals surface area contributed by atoms with Crippen LogP contribution in [0.5, 0.6) is 11.5 Å². The van der Waals surface area contributed by atoms with E-state index in [-0.39, 0.29) is 5.91 Å². The van der Waals surface area contributed by atoms with Gasteiger partial charge in [0.1, 0.15) is 23.1 Å². The first-order valence-electron chi connectivity index (χ1n) is 8.56. The van der Waals surface area contributed by atoms with Crippen molar-refractivity contribution in [3.05, 3.63) is 72.2 Å². The highest BCUT2D eigenvalue weighted by Gasteiger charge is 2.41. The van der Waals surface area contributed by atoms with Gasteiger partial charge in [0.05, 0.1) is 12.4 Å². The van der Waals surface area contributed by atoms with Gasteiger partial charge in [-0.25, -0.2) is 4.98 Å². The van der Waals surface area contributed by atoms with Gasteiger partial charge in [-0.05, 0) is 49.2 Å². The van der Waals surface area contributed by atoms with Crippen LogP contribution in [0.1, 0.15) is 36.8 Å². The van der Waals surface area contributed by atoms with Crippen molar-refractivity contribution >= 4 is 5.91 Å². The van der Waals surface area contributed by atoms with Gasteiger partial charge >= 0.3 is 0 Å². The highest BCUT2D eigenvalue weighted by Crippen LogP contribution is 2.41. The molecule has 0 saturated carbocycles. The molecular weight excluding hydrogens is 346 g/mol. The number of nitrogens with zero attached hydrogens (tertiary/aromatic N) is 3. The molecule has 27 heavy (non-hydrogen) atoms. The number of benzene rings is 1. The van der Waals surface area contributed by atoms with Crippen LogP contribution in [0.3, 0.4) is 0 Å². The summed E-state index contributed by atoms with van der Waals surface area (Å²) >= 11 is 0. The van der Waals surface area contributed by atoms with Crippen molar-refractivity contribution in [1.29, 1.82) is 0 Å². The molecule has 7 heteroatoms. The molecular formula is C20H19N3O4. The van der Waals surface area contributed by atoms with Gasteiger partial charge in [-0.15, -0.1) is 0 Å². The Hall–Kier alpha value is -3.19. The Balaban J connectivity index is 1.70. The molecule has 0 bridgehead atoms. The van der Waals surface area contributed by atoms with Gasteiger partial charge in [-0.3, -0.25) is 9.78 Å². The number of carbonyl (C=O) groups is 1. The van der Waals surface area contributed by atoms with E-state index in [0.717, 1.165) is 11.1 Å². The van der Waals surface area contributed by atoms with E-state index < -0.39 is 11.6 Å². The van der Waals surface area contributed by atoms with Crippen LogP contribution in [0.15, 0.2) is 59.7 Å². The molecule has 0 aliphatic carbocycles. The summed E-state index contributed by atoms with van der Waals surface area (Å²) in [5.74, 6) is 1.45. The number of pyridine rings is 1. The van der Waals surface area contributed by atoms with Gasteiger partial charge in [-0.2, -0.15) is 0 Å². The topological polar surface area (TPSA) is 88.7 Å². The van der Waals surface area contributed by atoms with Crippen molar-refractivity contribution in [3.8, 4) is 11.5 Å². The summed E-state index contributed by atoms with van der Waals surface area (Å²) in [4.78, 5) is 22.4. The lowest BCUT2D eigenvalue weighted by Gasteiger charge is -2.29. The summed E-state index contributed by atoms with van der Waals surface area (Å²) < 4.78 is 11.3. The van der Waals surface area contributed by atoms with Gasteiger partial charge in [0.15, 0.2) is 12.2 Å². The van der Waals surface area contributed by atoms with E-state index in [4.69, 9.17) is 9.15 Å². The van der Waals surface area contributed by atoms with Gasteiger partial charge < -0.3 is 19.2 Å². The fourth-order valence-corrected chi connectivity index (χ4v) is 3.24. The Labute approximate surface area is 156 Å². The summed E-state index contributed by atoms with van der Waals surface area (Å²) in [6.45, 7) is 3.30. The van der Waals surface area contributed by atoms with Gasteiger partial charge in [0.25, 0.3) is 5.91 Å². The number of carbonyl (C=O) groups excluding carboxylic acids is 1. The number of amides is 1. The number of ether oxygens (including phenoxy) is 1. The molecule has 0 unspecified atom stereocenters. The molecule has 3 heterocycles. The van der Waals surface area contributed by atoms with Crippen molar-refractivity contribution in [1.82, 2.24) is 14.9 Å². The summed E-state index contributed by atoms with van der Waals surface area (Å²) in [5, 5.41) is 10.2. The third-order valence-corrected chi connectivity index (χ3v) is 4.44. The van der Waals surface area contributed by atoms with Crippen LogP contribution >= 0.6 is 0 Å². The number of hydrogen-bond donors (Lipinski definition) is 1. The predicted molar refractivity (Wildman–Crippen MR) is 95.9 cm³/mol. The molecule has 1 aliphatic rings. The zero-order chi connectivity index (χ0) is 19.0. The van der Waals surface area contributed by atoms with E-state index in [2.05, 4.69) is 9.97 Å². The second-order valence-corrected chi connectivity index (χ2v) is 6.95. The Morgan fingerprint density at radius 3 is 2.78 bits per heavy atom. The Morgan fingerprint density at radius 1 is 1.26 bits per heavy atom. The molecule has 0 fully saturated rings. The minimum absolute atomic E-state index is 0.341. The number of fused-ring (bicyclic) bond motifs is 1. The first kappa shape index (κ1) is 17.2. The number of aromatic nitrogens is 2. The average Bonchev–Trinajstić information content (AvgIpc) is 3.28. The van der Waals surface area contributed by atoms with Crippen molar-refractivity contribution < 1.29 is 19.1 Å². The third-order valence-electron chi connectivity index (χ3n) is 4.44. The maximum Gasteiger partial charge on any atom is 0.255 e. The van der Waals surface area contributed by atoms with Gasteiger partial charge in [-0.1, -0.05) is 6.07 Å². The van der Waals surface area contributed by atoms with Crippen LogP contribution in [0.4, 0.5) is 0 Å². The third kappa shape index (κ3) is 3.29. The van der Waals surface area contributed by atoms with Crippen molar-refractivity contribution in [2.24, 2.45) is 0 Å². The Morgan fingerprint density at radius 2 is 2.11 bits per heavy atom. The SMILES string of the molecule is CC(C)(O)C(=O)N1Cc2cc(Oc3cccnc3)ccc2[C@@H]1c1cnco1. The fraction of sp³-hybridized carbons (Fsp3) is 0.250. The molecule has 0 spiro atoms. The van der Waals surface area contributed by atoms with Crippen LogP contribution in [0, 0.1) is 0 Å². The van der Waals surface area contributed by atoms with E-state index in [9.17, 15) is 9.90 Å². The first-order chi connectivity index (χ1) is 12.9. The van der Waals surface area contributed by atoms with Crippen LogP contribution in [0.25, 0.3) is 0 Å². The molecule has 0 saturated heterocycles. The molecule has 4 rings (SSSR count). The van der Waals surface area contributed by atoms with E-state index in [0.29, 0.717) is 23.8 Å². The average molecular weight is 365 g/mol. The lowest BCUT2D eigenvalue weighted by molar-refractivity contribution is -0.150. The minimum atomic E-state index is -1.49. The largest absolute Gasteiger partial charge is 0.456 e. The highest BCUT2D eigenvalue weighted by molar-refractivity contribution is 5.85. The van der Waals surface area contributed by atoms with Crippen LogP contribution in [-0.4, -0.2) is 31.5 Å². The summed E-state index contributed by atoms with van der Waals surface area (Å²) in [6.07, 6.45) is 6.23. The molecule has 1 N–H and O–H groups in total. The zero-order valence-electron chi connectivity index (χ0n) is 15.0. The first-order valence-corrected chi connectivity index (χ1v) is 8.56. The van der Waals surface area contributed by atoms with E-state index in [1.165, 1.54) is 20.2 Å². The molecule has 0 radical (unpaired) electrons. The standard InChI is InChI=1S/C20H19N3O4/c1-20(2,25)19(24)23-11-13-8-14(27-15-4-3-7-21-9-15)5-6-16(13)18(23)17-10-22-12-26-17/h3-10,12,18,25H,11H2,1-2H3/t18-/m1/s1. The number of hydrogen-bond acceptors (Lipinski definition) is 6. The highest BCUT2D eigenvalue weighted by atomic mass is 16.5. The molecule has 1 aliphatic heterocycles. The quantitative estimate of drug-likeness (QED) is 0.764. The smallest absolute Gasteiger partial charge is 0.255 e. The molecule has 3 aromatic rings. The van der Waals surface area contributed by atoms with E-state index in [1.54, 1.807) is 29.6 Å². The fourth-order valence-electron chi connectivity index (χ4n) is 3.24. The molecule has 138 valence electrons. The van der Waals surface area contributed by atoms with Gasteiger partial charge in [0.2, 0.25) is 0 Å². The summed E-state index contributed by atoms with van der Waals surface area (Å²) in [5.41, 5.74) is 0.355. The van der Waals surface area contributed by atoms with Crippen molar-refractivity contribution in [3.63, 3.8) is 0 Å². The van der Waals surface area contributed by atoms with Crippen LogP contribution in [0.2, 0.25) is 0 Å². The second kappa shape index (κ2) is 6.51. The molecule has 1 atom stereocenters. The number of aliphatic hydroxyl groups is 1. The predicted octanol–water partition coefficient (Wildman–Crippen LogP) is 3.06. The Bertz CT molecular complexity index is 949. The number of rotatable bonds is 4. The molecule has 1 amide bonds. The number of oxazole rings is 1. The lowest BCUT2D eigenvalue weighted by Crippen LogP contribution is -2.44. The summed E-state index contributed by atoms with van der Waals surface area (Å²) in [7, 11) is 0. The lowest BCUT2D eigenvalue weighted by atomic mass is 10.0. The minimum Gasteiger partial charge on any atom is -0.456 e. The van der Waals surface area contributed by atoms with Gasteiger partial charge in [0, 0.05) is 12.7 Å². The van der Waals surface area contributed by atoms with Crippen molar-refractivity contribution in [2.75, 3.05) is 0 Å². The monoisotopic (exact) mass is 365 g/mol. The summed E-state index contributed by atoms with van der Waals surface area (Å²) in [6, 6.07) is 8.82. The van der Waals surface area contributed by atoms with E-state index >= 15 is 0 Å². The molecule has 1 aromatic carbocycles. The van der Waals surface area contributed by atoms with Crippen LogP contribution < -0.4 is 4.74 Å². The van der Waals surface area contributed by atoms with Crippen LogP contribution in [-0.2, 0) is 11.3 Å². The maximum absolute atomic E-state index is 12.8. The zero-order valence-corrected chi connectivity index (χ0v) is 15.0. The van der Waals surface area contributed by atoms with Crippen molar-refractivity contribution in [2.45, 2.75) is 32.0 Å². The van der Waals surface area contributed by atoms with E-state index in [1.807, 2.05) is 24.3 Å². The maximum atomic E-state index is 12.8. The molecule has 2 aromatic heterocycles. The molecule has 7 nitrogen and oxygen atoms in total. The normalized spacial score (nSPS) is 16.3.